The molecule has 1 fully saturated rings. The van der Waals surface area contributed by atoms with Crippen molar-refractivity contribution in [2.45, 2.75) is 26.4 Å². The van der Waals surface area contributed by atoms with Crippen molar-refractivity contribution in [3.05, 3.63) is 47.3 Å². The van der Waals surface area contributed by atoms with Gasteiger partial charge in [0.05, 0.1) is 29.6 Å². The summed E-state index contributed by atoms with van der Waals surface area (Å²) in [4.78, 5) is 24.8. The number of hydrogen-bond donors (Lipinski definition) is 1. The van der Waals surface area contributed by atoms with Crippen molar-refractivity contribution < 1.29 is 27.9 Å². The number of rotatable bonds is 4. The van der Waals surface area contributed by atoms with Crippen molar-refractivity contribution in [3.63, 3.8) is 0 Å². The summed E-state index contributed by atoms with van der Waals surface area (Å²) in [6, 6.07) is 9.28. The van der Waals surface area contributed by atoms with Gasteiger partial charge in [-0.25, -0.2) is 4.68 Å². The molecule has 0 aliphatic carbocycles. The lowest BCUT2D eigenvalue weighted by molar-refractivity contribution is -0.188. The number of halogens is 3. The van der Waals surface area contributed by atoms with Gasteiger partial charge in [-0.05, 0) is 26.0 Å². The maximum absolute atomic E-state index is 13.1. The number of benzene rings is 1. The largest absolute Gasteiger partial charge is 0.481 e. The molecule has 6 nitrogen and oxygen atoms in total. The Hall–Kier alpha value is -2.84. The first-order valence-electron chi connectivity index (χ1n) is 8.77. The molecule has 2 atom stereocenters. The van der Waals surface area contributed by atoms with E-state index in [4.69, 9.17) is 5.11 Å². The Bertz CT molecular complexity index is 893. The fourth-order valence-electron chi connectivity index (χ4n) is 3.60. The quantitative estimate of drug-likeness (QED) is 0.864. The Kier molecular flexibility index (Phi) is 5.18. The van der Waals surface area contributed by atoms with E-state index in [0.29, 0.717) is 11.3 Å². The van der Waals surface area contributed by atoms with Crippen LogP contribution in [0.1, 0.15) is 17.0 Å². The van der Waals surface area contributed by atoms with E-state index in [0.717, 1.165) is 16.3 Å². The number of aromatic nitrogens is 2. The average Bonchev–Trinajstić information content (AvgIpc) is 3.20. The van der Waals surface area contributed by atoms with Gasteiger partial charge in [-0.15, -0.1) is 0 Å². The van der Waals surface area contributed by atoms with Crippen LogP contribution in [0, 0.1) is 25.7 Å². The number of hydrogen-bond acceptors (Lipinski definition) is 3. The molecular weight excluding hydrogens is 375 g/mol. The first-order chi connectivity index (χ1) is 13.1. The molecule has 1 aliphatic heterocycles. The molecule has 3 rings (SSSR count). The average molecular weight is 395 g/mol. The zero-order valence-corrected chi connectivity index (χ0v) is 15.4. The Morgan fingerprint density at radius 3 is 2.36 bits per heavy atom. The molecule has 1 saturated heterocycles. The number of carbonyl (C=O) groups excluding carboxylic acids is 1. The molecule has 28 heavy (non-hydrogen) atoms. The minimum atomic E-state index is -4.66. The van der Waals surface area contributed by atoms with Crippen molar-refractivity contribution in [2.24, 2.45) is 11.8 Å². The van der Waals surface area contributed by atoms with E-state index < -0.39 is 43.0 Å². The van der Waals surface area contributed by atoms with E-state index in [1.165, 1.54) is 0 Å². The van der Waals surface area contributed by atoms with Gasteiger partial charge in [0, 0.05) is 24.3 Å². The third-order valence-corrected chi connectivity index (χ3v) is 5.18. The molecule has 0 saturated carbocycles. The van der Waals surface area contributed by atoms with Crippen LogP contribution in [0.2, 0.25) is 0 Å². The van der Waals surface area contributed by atoms with Gasteiger partial charge < -0.3 is 10.0 Å². The van der Waals surface area contributed by atoms with Crippen LogP contribution >= 0.6 is 0 Å². The molecule has 0 radical (unpaired) electrons. The summed E-state index contributed by atoms with van der Waals surface area (Å²) in [5.41, 5.74) is 2.77. The number of likely N-dealkylation sites (tertiary alicyclic amines) is 1. The van der Waals surface area contributed by atoms with E-state index >= 15 is 0 Å². The predicted molar refractivity (Wildman–Crippen MR) is 94.0 cm³/mol. The smallest absolute Gasteiger partial charge is 0.394 e. The summed E-state index contributed by atoms with van der Waals surface area (Å²) in [6.45, 7) is 2.45. The van der Waals surface area contributed by atoms with E-state index in [9.17, 15) is 22.8 Å². The van der Waals surface area contributed by atoms with Crippen LogP contribution in [0.4, 0.5) is 13.2 Å². The fourth-order valence-corrected chi connectivity index (χ4v) is 3.60. The van der Waals surface area contributed by atoms with Gasteiger partial charge in [-0.3, -0.25) is 9.59 Å². The van der Waals surface area contributed by atoms with Crippen molar-refractivity contribution in [1.29, 1.82) is 0 Å². The number of carboxylic acids is 1. The van der Waals surface area contributed by atoms with E-state index in [2.05, 4.69) is 5.10 Å². The molecule has 2 aromatic rings. The number of alkyl halides is 3. The number of nitrogens with zero attached hydrogens (tertiary/aromatic N) is 3. The highest BCUT2D eigenvalue weighted by Gasteiger charge is 2.53. The Labute approximate surface area is 159 Å². The molecule has 0 spiro atoms. The third kappa shape index (κ3) is 3.74. The molecule has 0 unspecified atom stereocenters. The zero-order chi connectivity index (χ0) is 20.6. The second-order valence-corrected chi connectivity index (χ2v) is 6.97. The first-order valence-corrected chi connectivity index (χ1v) is 8.77. The Morgan fingerprint density at radius 1 is 1.18 bits per heavy atom. The number of amides is 1. The minimum Gasteiger partial charge on any atom is -0.481 e. The molecule has 2 heterocycles. The van der Waals surface area contributed by atoms with Gasteiger partial charge in [-0.1, -0.05) is 18.2 Å². The monoisotopic (exact) mass is 395 g/mol. The Balaban J connectivity index is 1.81. The highest BCUT2D eigenvalue weighted by atomic mass is 19.4. The summed E-state index contributed by atoms with van der Waals surface area (Å²) < 4.78 is 41.1. The van der Waals surface area contributed by atoms with Crippen LogP contribution in [-0.4, -0.2) is 50.9 Å². The summed E-state index contributed by atoms with van der Waals surface area (Å²) in [5.74, 6) is -5.76. The second kappa shape index (κ2) is 7.29. The van der Waals surface area contributed by atoms with Gasteiger partial charge in [0.15, 0.2) is 0 Å². The minimum absolute atomic E-state index is 0.124. The summed E-state index contributed by atoms with van der Waals surface area (Å²) in [5, 5.41) is 13.5. The topological polar surface area (TPSA) is 75.4 Å². The van der Waals surface area contributed by atoms with Gasteiger partial charge in [0.2, 0.25) is 5.91 Å². The van der Waals surface area contributed by atoms with Crippen LogP contribution in [0.3, 0.4) is 0 Å². The molecule has 1 amide bonds. The number of para-hydroxylation sites is 1. The standard InChI is InChI=1S/C19H20F3N3O3/c1-11-14(12(2)25(23-11)13-6-4-3-5-7-13)8-17(26)24-9-15(18(27)28)16(10-24)19(20,21)22/h3-7,15-16H,8-10H2,1-2H3,(H,27,28)/t15-,16-/m1/s1. The molecule has 1 aromatic carbocycles. The summed E-state index contributed by atoms with van der Waals surface area (Å²) in [6.07, 6.45) is -4.79. The molecule has 1 aliphatic rings. The zero-order valence-electron chi connectivity index (χ0n) is 15.4. The summed E-state index contributed by atoms with van der Waals surface area (Å²) >= 11 is 0. The molecule has 9 heteroatoms. The van der Waals surface area contributed by atoms with Crippen LogP contribution in [0.25, 0.3) is 5.69 Å². The predicted octanol–water partition coefficient (Wildman–Crippen LogP) is 2.75. The van der Waals surface area contributed by atoms with E-state index in [-0.39, 0.29) is 6.42 Å². The van der Waals surface area contributed by atoms with E-state index in [1.54, 1.807) is 18.5 Å². The number of carboxylic acid groups (broad SMARTS) is 1. The molecule has 1 aromatic heterocycles. The van der Waals surface area contributed by atoms with Crippen molar-refractivity contribution >= 4 is 11.9 Å². The maximum atomic E-state index is 13.1. The van der Waals surface area contributed by atoms with Crippen molar-refractivity contribution in [2.75, 3.05) is 13.1 Å². The van der Waals surface area contributed by atoms with Crippen LogP contribution < -0.4 is 0 Å². The van der Waals surface area contributed by atoms with Crippen LogP contribution in [0.5, 0.6) is 0 Å². The van der Waals surface area contributed by atoms with Crippen LogP contribution in [0.15, 0.2) is 30.3 Å². The fraction of sp³-hybridized carbons (Fsp3) is 0.421. The van der Waals surface area contributed by atoms with Gasteiger partial charge in [0.1, 0.15) is 0 Å². The normalized spacial score (nSPS) is 19.8. The third-order valence-electron chi connectivity index (χ3n) is 5.18. The Morgan fingerprint density at radius 2 is 1.82 bits per heavy atom. The number of aliphatic carboxylic acids is 1. The van der Waals surface area contributed by atoms with Crippen molar-refractivity contribution in [1.82, 2.24) is 14.7 Å². The van der Waals surface area contributed by atoms with Crippen molar-refractivity contribution in [3.8, 4) is 5.69 Å². The molecule has 150 valence electrons. The van der Waals surface area contributed by atoms with Gasteiger partial charge >= 0.3 is 12.1 Å². The lowest BCUT2D eigenvalue weighted by Crippen LogP contribution is -2.34. The maximum Gasteiger partial charge on any atom is 0.394 e. The van der Waals surface area contributed by atoms with Crippen LogP contribution in [-0.2, 0) is 16.0 Å². The lowest BCUT2D eigenvalue weighted by Gasteiger charge is -2.18. The second-order valence-electron chi connectivity index (χ2n) is 6.97. The highest BCUT2D eigenvalue weighted by molar-refractivity contribution is 5.81. The van der Waals surface area contributed by atoms with E-state index in [1.807, 2.05) is 30.3 Å². The lowest BCUT2D eigenvalue weighted by atomic mass is 9.96. The number of carbonyl (C=O) groups is 2. The summed E-state index contributed by atoms with van der Waals surface area (Å²) in [7, 11) is 0. The SMILES string of the molecule is Cc1nn(-c2ccccc2)c(C)c1CC(=O)N1C[C@@H](C(F)(F)F)[C@H](C(=O)O)C1. The number of aryl methyl sites for hydroxylation is 1. The molecule has 0 bridgehead atoms. The van der Waals surface area contributed by atoms with Gasteiger partial charge in [-0.2, -0.15) is 18.3 Å². The molecular formula is C19H20F3N3O3. The van der Waals surface area contributed by atoms with Gasteiger partial charge in [0.25, 0.3) is 0 Å². The molecule has 1 N–H and O–H groups in total. The first kappa shape index (κ1) is 19.9. The highest BCUT2D eigenvalue weighted by Crippen LogP contribution is 2.38.